The third-order valence-electron chi connectivity index (χ3n) is 12.4. The van der Waals surface area contributed by atoms with Crippen molar-refractivity contribution in [1.29, 1.82) is 0 Å². The molecule has 0 N–H and O–H groups in total. The number of nitrogens with zero attached hydrogens (tertiary/aromatic N) is 3. The van der Waals surface area contributed by atoms with Gasteiger partial charge in [0, 0.05) is 11.8 Å². The van der Waals surface area contributed by atoms with Gasteiger partial charge in [-0.3, -0.25) is 4.99 Å². The standard InChI is InChI=1S/C54H31N3/c1-3-15-42-36(13-1)47(37-14-2-4-16-43(37)52(42)54-56-46-22-9-29-55-53(46)57-54)34-25-23-31(24-26-34)45-30-35-12-7-19-39-38-17-5-10-32-27-28-33-11-6-18-40(49(33)48(32)38)41-20-8-21-44(45)51(41)50(35)39/h1-30,46H. The van der Waals surface area contributed by atoms with E-state index in [1.807, 2.05) is 6.08 Å². The number of aliphatic imine (C=N–C) groups is 3. The number of benzene rings is 10. The van der Waals surface area contributed by atoms with Crippen LogP contribution in [0.5, 0.6) is 0 Å². The summed E-state index contributed by atoms with van der Waals surface area (Å²) < 4.78 is 0. The number of fused-ring (bicyclic) bond motifs is 5. The summed E-state index contributed by atoms with van der Waals surface area (Å²) in [5.41, 5.74) is 5.90. The van der Waals surface area contributed by atoms with Crippen molar-refractivity contribution in [3.8, 4) is 22.3 Å². The van der Waals surface area contributed by atoms with E-state index < -0.39 is 0 Å². The van der Waals surface area contributed by atoms with Gasteiger partial charge in [0.05, 0.1) is 0 Å². The molecule has 0 spiro atoms. The molecule has 0 aromatic heterocycles. The van der Waals surface area contributed by atoms with E-state index in [9.17, 15) is 0 Å². The third-order valence-corrected chi connectivity index (χ3v) is 12.4. The molecule has 0 radical (unpaired) electrons. The number of allylic oxidation sites excluding steroid dienone is 1. The van der Waals surface area contributed by atoms with Gasteiger partial charge in [-0.1, -0.05) is 164 Å². The summed E-state index contributed by atoms with van der Waals surface area (Å²) in [5, 5.41) is 20.2. The van der Waals surface area contributed by atoms with Crippen molar-refractivity contribution in [2.75, 3.05) is 0 Å². The summed E-state index contributed by atoms with van der Waals surface area (Å²) >= 11 is 0. The Balaban J connectivity index is 1.05. The van der Waals surface area contributed by atoms with Crippen molar-refractivity contribution in [1.82, 2.24) is 0 Å². The van der Waals surface area contributed by atoms with Crippen LogP contribution in [0.1, 0.15) is 5.56 Å². The van der Waals surface area contributed by atoms with Crippen LogP contribution in [0.2, 0.25) is 0 Å². The summed E-state index contributed by atoms with van der Waals surface area (Å²) in [7, 11) is 0. The zero-order valence-corrected chi connectivity index (χ0v) is 30.7. The molecular weight excluding hydrogens is 691 g/mol. The Morgan fingerprint density at radius 3 is 1.49 bits per heavy atom. The van der Waals surface area contributed by atoms with Crippen molar-refractivity contribution in [2.24, 2.45) is 15.0 Å². The van der Waals surface area contributed by atoms with Gasteiger partial charge in [0.2, 0.25) is 0 Å². The Morgan fingerprint density at radius 1 is 0.386 bits per heavy atom. The molecule has 1 atom stereocenters. The van der Waals surface area contributed by atoms with Crippen LogP contribution in [0.4, 0.5) is 0 Å². The quantitative estimate of drug-likeness (QED) is 0.129. The highest BCUT2D eigenvalue weighted by atomic mass is 15.1. The van der Waals surface area contributed by atoms with Gasteiger partial charge in [0.25, 0.3) is 0 Å². The molecule has 0 saturated carbocycles. The Kier molecular flexibility index (Phi) is 6.22. The van der Waals surface area contributed by atoms with Gasteiger partial charge >= 0.3 is 0 Å². The van der Waals surface area contributed by atoms with Gasteiger partial charge in [-0.2, -0.15) is 0 Å². The largest absolute Gasteiger partial charge is 0.250 e. The Morgan fingerprint density at radius 2 is 0.877 bits per heavy atom. The number of amidine groups is 2. The first-order valence-corrected chi connectivity index (χ1v) is 19.6. The van der Waals surface area contributed by atoms with E-state index in [4.69, 9.17) is 9.98 Å². The molecule has 57 heavy (non-hydrogen) atoms. The smallest absolute Gasteiger partial charge is 0.159 e. The molecule has 0 saturated heterocycles. The average Bonchev–Trinajstić information content (AvgIpc) is 3.70. The average molecular weight is 722 g/mol. The first-order chi connectivity index (χ1) is 28.3. The molecule has 3 heteroatoms. The fraction of sp³-hybridized carbons (Fsp3) is 0.0185. The van der Waals surface area contributed by atoms with Gasteiger partial charge < -0.3 is 0 Å². The van der Waals surface area contributed by atoms with Crippen molar-refractivity contribution >= 4 is 104 Å². The molecule has 262 valence electrons. The second-order valence-corrected chi connectivity index (χ2v) is 15.4. The normalized spacial score (nSPS) is 15.3. The number of hydrogen-bond donors (Lipinski definition) is 0. The molecule has 0 fully saturated rings. The maximum Gasteiger partial charge on any atom is 0.159 e. The maximum atomic E-state index is 5.05. The molecule has 1 unspecified atom stereocenters. The number of hydrogen-bond acceptors (Lipinski definition) is 3. The monoisotopic (exact) mass is 721 g/mol. The van der Waals surface area contributed by atoms with E-state index in [2.05, 4.69) is 175 Å². The van der Waals surface area contributed by atoms with Gasteiger partial charge in [-0.25, -0.2) is 9.98 Å². The molecule has 0 amide bonds. The molecule has 11 aromatic rings. The van der Waals surface area contributed by atoms with Gasteiger partial charge in [0.15, 0.2) is 11.7 Å². The summed E-state index contributed by atoms with van der Waals surface area (Å²) in [6.45, 7) is 0. The highest BCUT2D eigenvalue weighted by Crippen LogP contribution is 2.46. The van der Waals surface area contributed by atoms with E-state index in [-0.39, 0.29) is 6.04 Å². The maximum absolute atomic E-state index is 5.05. The lowest BCUT2D eigenvalue weighted by Crippen LogP contribution is -2.12. The molecule has 2 aliphatic rings. The lowest BCUT2D eigenvalue weighted by Gasteiger charge is -2.18. The Labute approximate surface area is 327 Å². The molecule has 0 bridgehead atoms. The van der Waals surface area contributed by atoms with Crippen LogP contribution in [-0.2, 0) is 0 Å². The molecule has 11 aromatic carbocycles. The molecule has 2 aliphatic heterocycles. The van der Waals surface area contributed by atoms with Crippen LogP contribution in [0.25, 0.3) is 108 Å². The molecule has 2 heterocycles. The SMILES string of the molecule is C1=CC2N=C(c3c4ccccc4c(-c4ccc(-c5cc6cccc7c8cccc9ccc%10cccc(c%11cccc5c%11c67)c%10c98)cc4)c4ccccc34)N=C2N=C1. The van der Waals surface area contributed by atoms with Gasteiger partial charge in [-0.05, 0) is 121 Å². The van der Waals surface area contributed by atoms with Crippen molar-refractivity contribution in [3.05, 3.63) is 182 Å². The number of rotatable bonds is 3. The van der Waals surface area contributed by atoms with Crippen molar-refractivity contribution < 1.29 is 0 Å². The second kappa shape index (κ2) is 11.5. The fourth-order valence-corrected chi connectivity index (χ4v) is 10.1. The Hall–Kier alpha value is -7.49. The van der Waals surface area contributed by atoms with Crippen LogP contribution in [-0.4, -0.2) is 23.9 Å². The lowest BCUT2D eigenvalue weighted by molar-refractivity contribution is 1.09. The fourth-order valence-electron chi connectivity index (χ4n) is 10.1. The molecule has 3 nitrogen and oxygen atoms in total. The summed E-state index contributed by atoms with van der Waals surface area (Å²) in [6, 6.07) is 60.8. The minimum absolute atomic E-state index is 0.134. The molecule has 0 aliphatic carbocycles. The highest BCUT2D eigenvalue weighted by molar-refractivity contribution is 6.38. The molecular formula is C54H31N3. The van der Waals surface area contributed by atoms with Crippen LogP contribution >= 0.6 is 0 Å². The lowest BCUT2D eigenvalue weighted by atomic mass is 9.85. The predicted octanol–water partition coefficient (Wildman–Crippen LogP) is 13.9. The van der Waals surface area contributed by atoms with Crippen LogP contribution in [0.15, 0.2) is 191 Å². The van der Waals surface area contributed by atoms with Crippen molar-refractivity contribution in [3.63, 3.8) is 0 Å². The highest BCUT2D eigenvalue weighted by Gasteiger charge is 2.26. The summed E-state index contributed by atoms with van der Waals surface area (Å²) in [6.07, 6.45) is 5.81. The first kappa shape index (κ1) is 30.8. The van der Waals surface area contributed by atoms with E-state index in [1.165, 1.54) is 97.7 Å². The zero-order valence-electron chi connectivity index (χ0n) is 30.7. The van der Waals surface area contributed by atoms with E-state index in [1.54, 1.807) is 6.21 Å². The van der Waals surface area contributed by atoms with Crippen LogP contribution in [0.3, 0.4) is 0 Å². The topological polar surface area (TPSA) is 37.1 Å². The first-order valence-electron chi connectivity index (χ1n) is 19.6. The number of dihydropyridines is 1. The second-order valence-electron chi connectivity index (χ2n) is 15.4. The van der Waals surface area contributed by atoms with Gasteiger partial charge in [0.1, 0.15) is 6.04 Å². The third kappa shape index (κ3) is 4.28. The van der Waals surface area contributed by atoms with Crippen LogP contribution < -0.4 is 0 Å². The predicted molar refractivity (Wildman–Crippen MR) is 244 cm³/mol. The van der Waals surface area contributed by atoms with Gasteiger partial charge in [-0.15, -0.1) is 0 Å². The minimum atomic E-state index is -0.134. The van der Waals surface area contributed by atoms with Crippen LogP contribution in [0, 0.1) is 0 Å². The van der Waals surface area contributed by atoms with Crippen molar-refractivity contribution in [2.45, 2.75) is 6.04 Å². The Bertz CT molecular complexity index is 3620. The minimum Gasteiger partial charge on any atom is -0.250 e. The summed E-state index contributed by atoms with van der Waals surface area (Å²) in [5.74, 6) is 1.50. The van der Waals surface area contributed by atoms with E-state index in [0.29, 0.717) is 0 Å². The zero-order chi connectivity index (χ0) is 37.2. The van der Waals surface area contributed by atoms with E-state index >= 15 is 0 Å². The summed E-state index contributed by atoms with van der Waals surface area (Å²) in [4.78, 5) is 14.5. The molecule has 13 rings (SSSR count). The van der Waals surface area contributed by atoms with E-state index in [0.717, 1.165) is 28.0 Å².